The summed E-state index contributed by atoms with van der Waals surface area (Å²) in [5, 5.41) is 17.7. The van der Waals surface area contributed by atoms with E-state index in [0.29, 0.717) is 29.0 Å². The molecule has 0 unspecified atom stereocenters. The van der Waals surface area contributed by atoms with Crippen LogP contribution in [-0.2, 0) is 6.54 Å². The maximum absolute atomic E-state index is 12.9. The molecule has 0 aliphatic heterocycles. The normalized spacial score (nSPS) is 11.2. The monoisotopic (exact) mass is 359 g/mol. The Balaban J connectivity index is 1.85. The Morgan fingerprint density at radius 1 is 1.22 bits per heavy atom. The van der Waals surface area contributed by atoms with Gasteiger partial charge in [0.1, 0.15) is 11.6 Å². The Hall–Kier alpha value is -3.73. The average molecular weight is 359 g/mol. The summed E-state index contributed by atoms with van der Waals surface area (Å²) in [6.07, 6.45) is 8.48. The fraction of sp³-hybridized carbons (Fsp3) is 0.211. The minimum atomic E-state index is -0.225. The van der Waals surface area contributed by atoms with Crippen molar-refractivity contribution in [2.24, 2.45) is 0 Å². The summed E-state index contributed by atoms with van der Waals surface area (Å²) < 4.78 is 3.05. The van der Waals surface area contributed by atoms with Gasteiger partial charge in [0.05, 0.1) is 24.6 Å². The van der Waals surface area contributed by atoms with E-state index in [2.05, 4.69) is 26.2 Å². The number of hydrogen-bond acceptors (Lipinski definition) is 5. The number of fused-ring (bicyclic) bond motifs is 1. The van der Waals surface area contributed by atoms with Crippen LogP contribution in [0.2, 0.25) is 0 Å². The fourth-order valence-corrected chi connectivity index (χ4v) is 3.13. The molecule has 0 aromatic carbocycles. The van der Waals surface area contributed by atoms with Gasteiger partial charge >= 0.3 is 0 Å². The first kappa shape index (κ1) is 16.7. The van der Waals surface area contributed by atoms with E-state index in [-0.39, 0.29) is 11.5 Å². The Labute approximate surface area is 154 Å². The Morgan fingerprint density at radius 2 is 2.00 bits per heavy atom. The second kappa shape index (κ2) is 6.53. The van der Waals surface area contributed by atoms with Gasteiger partial charge < -0.3 is 4.98 Å². The van der Waals surface area contributed by atoms with Crippen molar-refractivity contribution in [2.75, 3.05) is 0 Å². The number of pyridine rings is 1. The van der Waals surface area contributed by atoms with Gasteiger partial charge in [0, 0.05) is 29.7 Å². The third-order valence-electron chi connectivity index (χ3n) is 4.42. The van der Waals surface area contributed by atoms with Crippen LogP contribution in [-0.4, -0.2) is 29.4 Å². The summed E-state index contributed by atoms with van der Waals surface area (Å²) in [5.41, 5.74) is 3.64. The second-order valence-electron chi connectivity index (χ2n) is 6.59. The highest BCUT2D eigenvalue weighted by Crippen LogP contribution is 2.26. The van der Waals surface area contributed by atoms with Crippen molar-refractivity contribution >= 4 is 5.65 Å². The molecule has 0 aliphatic rings. The Bertz CT molecular complexity index is 1210. The minimum Gasteiger partial charge on any atom is -0.338 e. The first-order chi connectivity index (χ1) is 13.1. The molecule has 0 aliphatic carbocycles. The molecular weight excluding hydrogens is 342 g/mol. The van der Waals surface area contributed by atoms with Crippen molar-refractivity contribution in [3.05, 3.63) is 70.2 Å². The highest BCUT2D eigenvalue weighted by Gasteiger charge is 2.20. The molecule has 0 spiro atoms. The highest BCUT2D eigenvalue weighted by molar-refractivity contribution is 5.67. The van der Waals surface area contributed by atoms with Crippen LogP contribution in [0.15, 0.2) is 47.9 Å². The summed E-state index contributed by atoms with van der Waals surface area (Å²) in [6.45, 7) is 4.51. The van der Waals surface area contributed by atoms with E-state index >= 15 is 0 Å². The van der Waals surface area contributed by atoms with E-state index in [1.807, 2.05) is 32.2 Å². The van der Waals surface area contributed by atoms with Gasteiger partial charge in [-0.1, -0.05) is 13.8 Å². The van der Waals surface area contributed by atoms with Crippen LogP contribution in [0.3, 0.4) is 0 Å². The summed E-state index contributed by atoms with van der Waals surface area (Å²) in [7, 11) is 0. The van der Waals surface area contributed by atoms with Crippen LogP contribution < -0.4 is 5.56 Å². The lowest BCUT2D eigenvalue weighted by atomic mass is 10.00. The number of nitriles is 1. The number of nitrogens with zero attached hydrogens (tertiary/aromatic N) is 6. The van der Waals surface area contributed by atoms with E-state index in [9.17, 15) is 10.1 Å². The molecule has 0 fully saturated rings. The maximum atomic E-state index is 12.9. The van der Waals surface area contributed by atoms with Crippen LogP contribution >= 0.6 is 0 Å². The molecule has 4 rings (SSSR count). The van der Waals surface area contributed by atoms with Gasteiger partial charge in [-0.3, -0.25) is 14.5 Å². The van der Waals surface area contributed by atoms with Gasteiger partial charge in [-0.15, -0.1) is 0 Å². The third-order valence-corrected chi connectivity index (χ3v) is 4.42. The van der Waals surface area contributed by atoms with Gasteiger partial charge in [-0.05, 0) is 23.6 Å². The van der Waals surface area contributed by atoms with Crippen molar-refractivity contribution in [2.45, 2.75) is 26.3 Å². The van der Waals surface area contributed by atoms with Gasteiger partial charge in [-0.25, -0.2) is 0 Å². The van der Waals surface area contributed by atoms with Crippen molar-refractivity contribution in [3.63, 3.8) is 0 Å². The standard InChI is InChI=1S/C19H17N7O/c1-12(2)16-17(24-18-14(7-20)8-23-26(18)19(16)27)15-9-22-25(11-15)10-13-3-5-21-6-4-13/h3-6,8-9,11-12,24H,10H2,1-2H3. The predicted octanol–water partition coefficient (Wildman–Crippen LogP) is 2.32. The molecule has 0 amide bonds. The summed E-state index contributed by atoms with van der Waals surface area (Å²) in [6, 6.07) is 5.92. The summed E-state index contributed by atoms with van der Waals surface area (Å²) in [5.74, 6) is -0.0218. The third kappa shape index (κ3) is 2.89. The molecule has 134 valence electrons. The number of rotatable bonds is 4. The lowest BCUT2D eigenvalue weighted by molar-refractivity contribution is 0.686. The zero-order valence-electron chi connectivity index (χ0n) is 14.9. The van der Waals surface area contributed by atoms with Gasteiger partial charge in [0.2, 0.25) is 0 Å². The van der Waals surface area contributed by atoms with Crippen molar-refractivity contribution in [3.8, 4) is 17.3 Å². The summed E-state index contributed by atoms with van der Waals surface area (Å²) >= 11 is 0. The molecule has 0 atom stereocenters. The number of aromatic nitrogens is 6. The maximum Gasteiger partial charge on any atom is 0.278 e. The van der Waals surface area contributed by atoms with Crippen molar-refractivity contribution < 1.29 is 0 Å². The number of aromatic amines is 1. The van der Waals surface area contributed by atoms with E-state index < -0.39 is 0 Å². The quantitative estimate of drug-likeness (QED) is 0.602. The van der Waals surface area contributed by atoms with E-state index in [4.69, 9.17) is 0 Å². The average Bonchev–Trinajstić information content (AvgIpc) is 3.28. The first-order valence-electron chi connectivity index (χ1n) is 8.54. The predicted molar refractivity (Wildman–Crippen MR) is 99.2 cm³/mol. The molecule has 0 bridgehead atoms. The van der Waals surface area contributed by atoms with Crippen LogP contribution in [0.5, 0.6) is 0 Å². The van der Waals surface area contributed by atoms with Crippen LogP contribution in [0.4, 0.5) is 0 Å². The molecule has 27 heavy (non-hydrogen) atoms. The smallest absolute Gasteiger partial charge is 0.278 e. The Kier molecular flexibility index (Phi) is 4.05. The van der Waals surface area contributed by atoms with Crippen molar-refractivity contribution in [1.82, 2.24) is 29.4 Å². The highest BCUT2D eigenvalue weighted by atomic mass is 16.1. The lowest BCUT2D eigenvalue weighted by Gasteiger charge is -2.11. The molecule has 8 nitrogen and oxygen atoms in total. The molecule has 4 aromatic rings. The van der Waals surface area contributed by atoms with Crippen molar-refractivity contribution in [1.29, 1.82) is 5.26 Å². The first-order valence-corrected chi connectivity index (χ1v) is 8.54. The van der Waals surface area contributed by atoms with E-state index in [0.717, 1.165) is 11.1 Å². The molecule has 0 radical (unpaired) electrons. The molecule has 4 aromatic heterocycles. The lowest BCUT2D eigenvalue weighted by Crippen LogP contribution is -2.22. The topological polar surface area (TPSA) is 105 Å². The number of hydrogen-bond donors (Lipinski definition) is 1. The molecule has 4 heterocycles. The number of nitrogens with one attached hydrogen (secondary N) is 1. The van der Waals surface area contributed by atoms with Crippen LogP contribution in [0.25, 0.3) is 16.9 Å². The largest absolute Gasteiger partial charge is 0.338 e. The second-order valence-corrected chi connectivity index (χ2v) is 6.59. The van der Waals surface area contributed by atoms with E-state index in [1.165, 1.54) is 10.7 Å². The zero-order valence-corrected chi connectivity index (χ0v) is 14.9. The van der Waals surface area contributed by atoms with E-state index in [1.54, 1.807) is 23.3 Å². The number of H-pyrrole nitrogens is 1. The van der Waals surface area contributed by atoms with Gasteiger partial charge in [0.15, 0.2) is 5.65 Å². The molecule has 0 saturated carbocycles. The Morgan fingerprint density at radius 3 is 2.70 bits per heavy atom. The van der Waals surface area contributed by atoms with Gasteiger partial charge in [-0.2, -0.15) is 20.0 Å². The molecule has 1 N–H and O–H groups in total. The fourth-order valence-electron chi connectivity index (χ4n) is 3.13. The van der Waals surface area contributed by atoms with Gasteiger partial charge in [0.25, 0.3) is 5.56 Å². The van der Waals surface area contributed by atoms with Crippen LogP contribution in [0.1, 0.15) is 36.5 Å². The molecule has 8 heteroatoms. The SMILES string of the molecule is CC(C)c1c(-c2cnn(Cc3ccncc3)c2)[nH]c2c(C#N)cnn2c1=O. The minimum absolute atomic E-state index is 0.0218. The molecular formula is C19H17N7O. The summed E-state index contributed by atoms with van der Waals surface area (Å²) in [4.78, 5) is 20.2. The van der Waals surface area contributed by atoms with Crippen LogP contribution in [0, 0.1) is 11.3 Å². The zero-order chi connectivity index (χ0) is 19.0. The molecule has 0 saturated heterocycles.